The molecule has 144 valence electrons. The maximum Gasteiger partial charge on any atom is 0.234 e. The maximum absolute atomic E-state index is 11.9. The van der Waals surface area contributed by atoms with Crippen LogP contribution in [0, 0.1) is 0 Å². The monoisotopic (exact) mass is 391 g/mol. The quantitative estimate of drug-likeness (QED) is 0.633. The molecule has 5 nitrogen and oxygen atoms in total. The Kier molecular flexibility index (Phi) is 13.8. The lowest BCUT2D eigenvalue weighted by atomic mass is 10.0. The van der Waals surface area contributed by atoms with Crippen LogP contribution in [0.4, 0.5) is 0 Å². The van der Waals surface area contributed by atoms with Crippen molar-refractivity contribution in [2.75, 3.05) is 39.9 Å². The normalized spacial score (nSPS) is 17.2. The molecule has 1 aromatic carbocycles. The van der Waals surface area contributed by atoms with Crippen LogP contribution in [-0.4, -0.2) is 56.7 Å². The smallest absolute Gasteiger partial charge is 0.234 e. The summed E-state index contributed by atoms with van der Waals surface area (Å²) in [6, 6.07) is 11.0. The summed E-state index contributed by atoms with van der Waals surface area (Å²) in [4.78, 5) is 14.4. The van der Waals surface area contributed by atoms with E-state index in [1.165, 1.54) is 18.4 Å². The van der Waals surface area contributed by atoms with Gasteiger partial charge in [0.25, 0.3) is 0 Å². The number of ether oxygens (including phenoxy) is 1. The highest BCUT2D eigenvalue weighted by molar-refractivity contribution is 5.85. The number of nitrogens with one attached hydrogen (secondary N) is 2. The standard InChI is InChI=1S/C18H29N3O2.2ClH/c1-23-12-10-19-14-18(22)20-13-17-9-5-6-11-21(17)15-16-7-3-2-4-8-16;;/h2-4,7-8,17,19H,5-6,9-15H2,1H3,(H,20,22);2*1H. The summed E-state index contributed by atoms with van der Waals surface area (Å²) in [6.45, 7) is 4.50. The van der Waals surface area contributed by atoms with Gasteiger partial charge in [-0.25, -0.2) is 0 Å². The Balaban J connectivity index is 0.00000288. The summed E-state index contributed by atoms with van der Waals surface area (Å²) < 4.78 is 4.95. The van der Waals surface area contributed by atoms with E-state index in [2.05, 4.69) is 39.8 Å². The third kappa shape index (κ3) is 9.42. The van der Waals surface area contributed by atoms with Gasteiger partial charge in [-0.15, -0.1) is 24.8 Å². The van der Waals surface area contributed by atoms with Crippen molar-refractivity contribution in [3.05, 3.63) is 35.9 Å². The Hall–Kier alpha value is -0.850. The van der Waals surface area contributed by atoms with Crippen molar-refractivity contribution >= 4 is 30.7 Å². The molecule has 2 rings (SSSR count). The van der Waals surface area contributed by atoms with E-state index in [1.54, 1.807) is 7.11 Å². The van der Waals surface area contributed by atoms with Gasteiger partial charge in [-0.1, -0.05) is 36.8 Å². The van der Waals surface area contributed by atoms with Crippen molar-refractivity contribution in [3.63, 3.8) is 0 Å². The maximum atomic E-state index is 11.9. The summed E-state index contributed by atoms with van der Waals surface area (Å²) in [5.74, 6) is 0.0614. The van der Waals surface area contributed by atoms with Gasteiger partial charge in [-0.2, -0.15) is 0 Å². The van der Waals surface area contributed by atoms with Crippen molar-refractivity contribution in [1.29, 1.82) is 0 Å². The molecule has 1 aliphatic heterocycles. The third-order valence-electron chi connectivity index (χ3n) is 4.28. The molecule has 1 heterocycles. The van der Waals surface area contributed by atoms with E-state index < -0.39 is 0 Å². The molecule has 7 heteroatoms. The average molecular weight is 392 g/mol. The number of piperidine rings is 1. The topological polar surface area (TPSA) is 53.6 Å². The van der Waals surface area contributed by atoms with Crippen molar-refractivity contribution in [2.45, 2.75) is 31.8 Å². The minimum absolute atomic E-state index is 0. The number of carbonyl (C=O) groups is 1. The molecular formula is C18H31Cl2N3O2. The third-order valence-corrected chi connectivity index (χ3v) is 4.28. The number of methoxy groups -OCH3 is 1. The van der Waals surface area contributed by atoms with E-state index >= 15 is 0 Å². The first kappa shape index (κ1) is 24.1. The highest BCUT2D eigenvalue weighted by atomic mass is 35.5. The number of carbonyl (C=O) groups excluding carboxylic acids is 1. The Morgan fingerprint density at radius 2 is 2.00 bits per heavy atom. The molecule has 1 atom stereocenters. The molecule has 1 amide bonds. The van der Waals surface area contributed by atoms with Gasteiger partial charge in [0.15, 0.2) is 0 Å². The van der Waals surface area contributed by atoms with Gasteiger partial charge >= 0.3 is 0 Å². The fourth-order valence-electron chi connectivity index (χ4n) is 2.99. The van der Waals surface area contributed by atoms with Crippen LogP contribution >= 0.6 is 24.8 Å². The van der Waals surface area contributed by atoms with Crippen LogP contribution in [0.1, 0.15) is 24.8 Å². The van der Waals surface area contributed by atoms with Crippen molar-refractivity contribution in [1.82, 2.24) is 15.5 Å². The summed E-state index contributed by atoms with van der Waals surface area (Å²) in [7, 11) is 1.66. The first-order chi connectivity index (χ1) is 11.3. The zero-order chi connectivity index (χ0) is 16.3. The van der Waals surface area contributed by atoms with E-state index in [-0.39, 0.29) is 30.7 Å². The SMILES string of the molecule is COCCNCC(=O)NCC1CCCCN1Cc1ccccc1.Cl.Cl. The van der Waals surface area contributed by atoms with Crippen molar-refractivity contribution in [2.24, 2.45) is 0 Å². The van der Waals surface area contributed by atoms with E-state index in [1.807, 2.05) is 6.07 Å². The number of hydrogen-bond donors (Lipinski definition) is 2. The zero-order valence-corrected chi connectivity index (χ0v) is 16.5. The van der Waals surface area contributed by atoms with Gasteiger partial charge in [-0.05, 0) is 24.9 Å². The molecule has 1 aromatic rings. The molecule has 1 fully saturated rings. The molecule has 0 bridgehead atoms. The lowest BCUT2D eigenvalue weighted by molar-refractivity contribution is -0.120. The Labute approximate surface area is 163 Å². The molecule has 0 aliphatic carbocycles. The van der Waals surface area contributed by atoms with Gasteiger partial charge in [-0.3, -0.25) is 9.69 Å². The molecule has 2 N–H and O–H groups in total. The van der Waals surface area contributed by atoms with Gasteiger partial charge in [0.2, 0.25) is 5.91 Å². The second-order valence-corrected chi connectivity index (χ2v) is 6.08. The highest BCUT2D eigenvalue weighted by Gasteiger charge is 2.22. The van der Waals surface area contributed by atoms with Crippen LogP contribution < -0.4 is 10.6 Å². The van der Waals surface area contributed by atoms with Gasteiger partial charge in [0.1, 0.15) is 0 Å². The number of hydrogen-bond acceptors (Lipinski definition) is 4. The predicted octanol–water partition coefficient (Wildman–Crippen LogP) is 2.24. The molecule has 0 aromatic heterocycles. The number of likely N-dealkylation sites (tertiary alicyclic amines) is 1. The lowest BCUT2D eigenvalue weighted by Crippen LogP contribution is -2.47. The first-order valence-electron chi connectivity index (χ1n) is 8.54. The van der Waals surface area contributed by atoms with Crippen LogP contribution in [-0.2, 0) is 16.1 Å². The Bertz CT molecular complexity index is 463. The van der Waals surface area contributed by atoms with Gasteiger partial charge in [0, 0.05) is 32.8 Å². The second-order valence-electron chi connectivity index (χ2n) is 6.08. The second kappa shape index (κ2) is 14.3. The lowest BCUT2D eigenvalue weighted by Gasteiger charge is -2.36. The van der Waals surface area contributed by atoms with Crippen LogP contribution in [0.3, 0.4) is 0 Å². The largest absolute Gasteiger partial charge is 0.383 e. The molecule has 0 saturated carbocycles. The van der Waals surface area contributed by atoms with Gasteiger partial charge in [0.05, 0.1) is 13.2 Å². The van der Waals surface area contributed by atoms with Gasteiger partial charge < -0.3 is 15.4 Å². The summed E-state index contributed by atoms with van der Waals surface area (Å²) >= 11 is 0. The van der Waals surface area contributed by atoms with Crippen LogP contribution in [0.2, 0.25) is 0 Å². The van der Waals surface area contributed by atoms with Crippen LogP contribution in [0.15, 0.2) is 30.3 Å². The Morgan fingerprint density at radius 3 is 2.72 bits per heavy atom. The van der Waals surface area contributed by atoms with Crippen LogP contribution in [0.25, 0.3) is 0 Å². The van der Waals surface area contributed by atoms with E-state index in [4.69, 9.17) is 4.74 Å². The van der Waals surface area contributed by atoms with E-state index in [9.17, 15) is 4.79 Å². The molecule has 1 unspecified atom stereocenters. The minimum atomic E-state index is 0. The molecular weight excluding hydrogens is 361 g/mol. The van der Waals surface area contributed by atoms with Crippen LogP contribution in [0.5, 0.6) is 0 Å². The fourth-order valence-corrected chi connectivity index (χ4v) is 2.99. The zero-order valence-electron chi connectivity index (χ0n) is 14.9. The minimum Gasteiger partial charge on any atom is -0.383 e. The number of nitrogens with zero attached hydrogens (tertiary/aromatic N) is 1. The fraction of sp³-hybridized carbons (Fsp3) is 0.611. The molecule has 1 saturated heterocycles. The van der Waals surface area contributed by atoms with E-state index in [0.717, 1.165) is 26.1 Å². The summed E-state index contributed by atoms with van der Waals surface area (Å²) in [5.41, 5.74) is 1.34. The molecule has 0 radical (unpaired) electrons. The number of benzene rings is 1. The molecule has 1 aliphatic rings. The first-order valence-corrected chi connectivity index (χ1v) is 8.54. The Morgan fingerprint density at radius 1 is 1.24 bits per heavy atom. The number of amides is 1. The van der Waals surface area contributed by atoms with Crippen molar-refractivity contribution < 1.29 is 9.53 Å². The average Bonchev–Trinajstić information content (AvgIpc) is 2.59. The number of halogens is 2. The van der Waals surface area contributed by atoms with Crippen molar-refractivity contribution in [3.8, 4) is 0 Å². The predicted molar refractivity (Wildman–Crippen MR) is 107 cm³/mol. The number of rotatable bonds is 9. The van der Waals surface area contributed by atoms with E-state index in [0.29, 0.717) is 25.7 Å². The summed E-state index contributed by atoms with van der Waals surface area (Å²) in [5, 5.41) is 6.14. The highest BCUT2D eigenvalue weighted by Crippen LogP contribution is 2.19. The summed E-state index contributed by atoms with van der Waals surface area (Å²) in [6.07, 6.45) is 3.65. The molecule has 0 spiro atoms. The molecule has 25 heavy (non-hydrogen) atoms.